The monoisotopic (exact) mass is 270 g/mol. The SMILES string of the molecule is CN(CCOS(C)(=O)=O)c1nc2ccccc2o1. The van der Waals surface area contributed by atoms with Gasteiger partial charge in [-0.25, -0.2) is 0 Å². The predicted molar refractivity (Wildman–Crippen MR) is 68.1 cm³/mol. The first-order valence-corrected chi connectivity index (χ1v) is 7.18. The van der Waals surface area contributed by atoms with Crippen LogP contribution in [0, 0.1) is 0 Å². The quantitative estimate of drug-likeness (QED) is 0.761. The van der Waals surface area contributed by atoms with Crippen LogP contribution in [-0.4, -0.2) is 39.9 Å². The highest BCUT2D eigenvalue weighted by Crippen LogP contribution is 2.20. The molecule has 1 aromatic carbocycles. The van der Waals surface area contributed by atoms with E-state index in [1.165, 1.54) is 0 Å². The maximum atomic E-state index is 10.8. The molecule has 18 heavy (non-hydrogen) atoms. The van der Waals surface area contributed by atoms with Crippen LogP contribution in [0.25, 0.3) is 11.1 Å². The highest BCUT2D eigenvalue weighted by molar-refractivity contribution is 7.85. The van der Waals surface area contributed by atoms with Crippen molar-refractivity contribution in [3.05, 3.63) is 24.3 Å². The third-order valence-corrected chi connectivity index (χ3v) is 2.93. The molecule has 6 nitrogen and oxygen atoms in total. The Hall–Kier alpha value is -1.60. The lowest BCUT2D eigenvalue weighted by Crippen LogP contribution is -2.23. The van der Waals surface area contributed by atoms with Crippen molar-refractivity contribution in [2.75, 3.05) is 31.4 Å². The molecule has 0 bridgehead atoms. The van der Waals surface area contributed by atoms with Crippen molar-refractivity contribution >= 4 is 27.2 Å². The highest BCUT2D eigenvalue weighted by Gasteiger charge is 2.10. The molecule has 2 aromatic rings. The van der Waals surface area contributed by atoms with Gasteiger partial charge in [0.1, 0.15) is 5.52 Å². The lowest BCUT2D eigenvalue weighted by Gasteiger charge is -2.13. The molecule has 0 aliphatic heterocycles. The van der Waals surface area contributed by atoms with Gasteiger partial charge in [-0.15, -0.1) is 0 Å². The third kappa shape index (κ3) is 3.21. The Kier molecular flexibility index (Phi) is 3.53. The summed E-state index contributed by atoms with van der Waals surface area (Å²) in [6, 6.07) is 7.86. The van der Waals surface area contributed by atoms with Crippen molar-refractivity contribution in [3.8, 4) is 0 Å². The zero-order valence-electron chi connectivity index (χ0n) is 10.2. The number of para-hydroxylation sites is 2. The summed E-state index contributed by atoms with van der Waals surface area (Å²) in [5.41, 5.74) is 1.46. The summed E-state index contributed by atoms with van der Waals surface area (Å²) in [6.07, 6.45) is 1.02. The molecular weight excluding hydrogens is 256 g/mol. The number of rotatable bonds is 5. The molecule has 0 amide bonds. The Balaban J connectivity index is 2.02. The molecule has 0 aliphatic rings. The summed E-state index contributed by atoms with van der Waals surface area (Å²) < 4.78 is 31.8. The molecule has 0 spiro atoms. The number of likely N-dealkylation sites (N-methyl/N-ethyl adjacent to an activating group) is 1. The van der Waals surface area contributed by atoms with E-state index in [-0.39, 0.29) is 6.61 Å². The number of hydrogen-bond acceptors (Lipinski definition) is 6. The fourth-order valence-electron chi connectivity index (χ4n) is 1.44. The second-order valence-corrected chi connectivity index (χ2v) is 5.56. The van der Waals surface area contributed by atoms with Gasteiger partial charge in [0.2, 0.25) is 0 Å². The lowest BCUT2D eigenvalue weighted by atomic mass is 10.3. The van der Waals surface area contributed by atoms with Gasteiger partial charge in [-0.1, -0.05) is 12.1 Å². The van der Waals surface area contributed by atoms with Gasteiger partial charge in [0.25, 0.3) is 16.1 Å². The lowest BCUT2D eigenvalue weighted by molar-refractivity contribution is 0.327. The molecule has 0 saturated heterocycles. The summed E-state index contributed by atoms with van der Waals surface area (Å²) in [4.78, 5) is 5.98. The normalized spacial score (nSPS) is 11.9. The van der Waals surface area contributed by atoms with Crippen LogP contribution in [0.15, 0.2) is 28.7 Å². The van der Waals surface area contributed by atoms with Crippen LogP contribution in [0.2, 0.25) is 0 Å². The average Bonchev–Trinajstić information content (AvgIpc) is 2.70. The van der Waals surface area contributed by atoms with Crippen molar-refractivity contribution in [2.45, 2.75) is 0 Å². The molecule has 0 atom stereocenters. The highest BCUT2D eigenvalue weighted by atomic mass is 32.2. The largest absolute Gasteiger partial charge is 0.423 e. The number of nitrogens with zero attached hydrogens (tertiary/aromatic N) is 2. The van der Waals surface area contributed by atoms with E-state index in [1.54, 1.807) is 11.9 Å². The Morgan fingerprint density at radius 2 is 2.11 bits per heavy atom. The molecule has 98 valence electrons. The average molecular weight is 270 g/mol. The molecule has 0 N–H and O–H groups in total. The van der Waals surface area contributed by atoms with Gasteiger partial charge < -0.3 is 9.32 Å². The molecule has 0 fully saturated rings. The van der Waals surface area contributed by atoms with Crippen molar-refractivity contribution in [1.29, 1.82) is 0 Å². The van der Waals surface area contributed by atoms with E-state index in [2.05, 4.69) is 9.17 Å². The van der Waals surface area contributed by atoms with E-state index in [0.29, 0.717) is 18.1 Å². The van der Waals surface area contributed by atoms with Gasteiger partial charge in [0, 0.05) is 13.6 Å². The Morgan fingerprint density at radius 1 is 1.39 bits per heavy atom. The first-order chi connectivity index (χ1) is 8.46. The summed E-state index contributed by atoms with van der Waals surface area (Å²) in [5.74, 6) is 0. The number of anilines is 1. The Bertz CT molecular complexity index is 602. The van der Waals surface area contributed by atoms with Crippen LogP contribution in [0.3, 0.4) is 0 Å². The van der Waals surface area contributed by atoms with Gasteiger partial charge in [-0.2, -0.15) is 13.4 Å². The van der Waals surface area contributed by atoms with Crippen molar-refractivity contribution < 1.29 is 17.0 Å². The number of aromatic nitrogens is 1. The minimum absolute atomic E-state index is 0.0636. The van der Waals surface area contributed by atoms with Crippen molar-refractivity contribution in [1.82, 2.24) is 4.98 Å². The summed E-state index contributed by atoms with van der Waals surface area (Å²) >= 11 is 0. The maximum Gasteiger partial charge on any atom is 0.298 e. The minimum atomic E-state index is -3.40. The second kappa shape index (κ2) is 4.95. The van der Waals surface area contributed by atoms with Crippen LogP contribution in [0.4, 0.5) is 6.01 Å². The van der Waals surface area contributed by atoms with E-state index < -0.39 is 10.1 Å². The van der Waals surface area contributed by atoms with E-state index in [1.807, 2.05) is 24.3 Å². The van der Waals surface area contributed by atoms with Crippen molar-refractivity contribution in [3.63, 3.8) is 0 Å². The molecule has 2 rings (SSSR count). The minimum Gasteiger partial charge on any atom is -0.423 e. The van der Waals surface area contributed by atoms with Crippen LogP contribution in [0.1, 0.15) is 0 Å². The number of hydrogen-bond donors (Lipinski definition) is 0. The fourth-order valence-corrected chi connectivity index (χ4v) is 1.82. The van der Waals surface area contributed by atoms with Crippen LogP contribution >= 0.6 is 0 Å². The van der Waals surface area contributed by atoms with E-state index >= 15 is 0 Å². The summed E-state index contributed by atoms with van der Waals surface area (Å²) in [7, 11) is -1.64. The molecular formula is C11H14N2O4S. The number of oxazole rings is 1. The van der Waals surface area contributed by atoms with E-state index in [9.17, 15) is 8.42 Å². The standard InChI is InChI=1S/C11H14N2O4S/c1-13(7-8-16-18(2,14)15)11-12-9-5-3-4-6-10(9)17-11/h3-6H,7-8H2,1-2H3. The van der Waals surface area contributed by atoms with E-state index in [4.69, 9.17) is 4.42 Å². The molecule has 0 aliphatic carbocycles. The second-order valence-electron chi connectivity index (χ2n) is 3.91. The zero-order chi connectivity index (χ0) is 13.2. The summed E-state index contributed by atoms with van der Waals surface area (Å²) in [5, 5.41) is 0. The van der Waals surface area contributed by atoms with Gasteiger partial charge in [0.15, 0.2) is 5.58 Å². The fraction of sp³-hybridized carbons (Fsp3) is 0.364. The van der Waals surface area contributed by atoms with Gasteiger partial charge in [0.05, 0.1) is 12.9 Å². The first-order valence-electron chi connectivity index (χ1n) is 5.37. The molecule has 0 saturated carbocycles. The summed E-state index contributed by atoms with van der Waals surface area (Å²) in [6.45, 7) is 0.438. The maximum absolute atomic E-state index is 10.8. The van der Waals surface area contributed by atoms with Gasteiger partial charge in [-0.05, 0) is 12.1 Å². The molecule has 0 radical (unpaired) electrons. The number of fused-ring (bicyclic) bond motifs is 1. The smallest absolute Gasteiger partial charge is 0.298 e. The molecule has 0 unspecified atom stereocenters. The Morgan fingerprint density at radius 3 is 2.78 bits per heavy atom. The van der Waals surface area contributed by atoms with Crippen LogP contribution in [-0.2, 0) is 14.3 Å². The zero-order valence-corrected chi connectivity index (χ0v) is 11.0. The first kappa shape index (κ1) is 12.8. The van der Waals surface area contributed by atoms with Crippen molar-refractivity contribution in [2.24, 2.45) is 0 Å². The molecule has 1 aromatic heterocycles. The molecule has 7 heteroatoms. The third-order valence-electron chi connectivity index (χ3n) is 2.33. The molecule has 1 heterocycles. The van der Waals surface area contributed by atoms with Crippen LogP contribution in [0.5, 0.6) is 0 Å². The predicted octanol–water partition coefficient (Wildman–Crippen LogP) is 1.24. The van der Waals surface area contributed by atoms with Gasteiger partial charge >= 0.3 is 0 Å². The Labute approximate surface area is 105 Å². The topological polar surface area (TPSA) is 72.6 Å². The number of benzene rings is 1. The van der Waals surface area contributed by atoms with Crippen LogP contribution < -0.4 is 4.90 Å². The van der Waals surface area contributed by atoms with E-state index in [0.717, 1.165) is 11.8 Å². The van der Waals surface area contributed by atoms with Gasteiger partial charge in [-0.3, -0.25) is 4.18 Å².